The third-order valence-corrected chi connectivity index (χ3v) is 1.66. The summed E-state index contributed by atoms with van der Waals surface area (Å²) in [5.41, 5.74) is 1.91. The number of nitro groups is 1. The first-order valence-corrected chi connectivity index (χ1v) is 4.34. The second kappa shape index (κ2) is 4.94. The van der Waals surface area contributed by atoms with Crippen molar-refractivity contribution in [3.05, 3.63) is 34.4 Å². The average molecular weight is 210 g/mol. The van der Waals surface area contributed by atoms with Crippen LogP contribution in [0.15, 0.2) is 24.3 Å². The molecule has 1 N–H and O–H groups in total. The summed E-state index contributed by atoms with van der Waals surface area (Å²) in [6.45, 7) is 1.65. The van der Waals surface area contributed by atoms with Gasteiger partial charge in [-0.15, -0.1) is 0 Å². The van der Waals surface area contributed by atoms with Crippen molar-refractivity contribution < 1.29 is 14.6 Å². The third-order valence-electron chi connectivity index (χ3n) is 1.66. The molecule has 1 aromatic rings. The molecule has 0 atom stereocenters. The molecule has 6 heteroatoms. The Hall–Kier alpha value is -2.11. The summed E-state index contributed by atoms with van der Waals surface area (Å²) in [6.07, 6.45) is 0.251. The molecule has 80 valence electrons. The van der Waals surface area contributed by atoms with Crippen LogP contribution in [-0.4, -0.2) is 10.8 Å². The number of hydrogen-bond acceptors (Lipinski definition) is 4. The molecule has 0 heterocycles. The fourth-order valence-electron chi connectivity index (χ4n) is 0.878. The molecule has 0 aromatic heterocycles. The van der Waals surface area contributed by atoms with E-state index in [4.69, 9.17) is 4.84 Å². The molecule has 0 unspecified atom stereocenters. The Balaban J connectivity index is 2.76. The highest BCUT2D eigenvalue weighted by atomic mass is 16.7. The van der Waals surface area contributed by atoms with Crippen molar-refractivity contribution >= 4 is 11.6 Å². The smallest absolute Gasteiger partial charge is 0.314 e. The van der Waals surface area contributed by atoms with E-state index in [1.165, 1.54) is 18.2 Å². The zero-order chi connectivity index (χ0) is 11.3. The second-order valence-corrected chi connectivity index (χ2v) is 2.71. The highest BCUT2D eigenvalue weighted by Crippen LogP contribution is 2.24. The number of amides is 1. The van der Waals surface area contributed by atoms with E-state index in [1.54, 1.807) is 13.0 Å². The van der Waals surface area contributed by atoms with E-state index in [1.807, 2.05) is 0 Å². The first kappa shape index (κ1) is 11.0. The van der Waals surface area contributed by atoms with Gasteiger partial charge in [0.05, 0.1) is 4.92 Å². The summed E-state index contributed by atoms with van der Waals surface area (Å²) >= 11 is 0. The molecule has 15 heavy (non-hydrogen) atoms. The Morgan fingerprint density at radius 1 is 1.53 bits per heavy atom. The quantitative estimate of drug-likeness (QED) is 0.601. The van der Waals surface area contributed by atoms with Crippen molar-refractivity contribution in [2.75, 3.05) is 0 Å². The SMILES string of the molecule is CCC(=O)NOc1ccccc1[N+](=O)[O-]. The van der Waals surface area contributed by atoms with Crippen molar-refractivity contribution in [1.82, 2.24) is 5.48 Å². The van der Waals surface area contributed by atoms with Crippen molar-refractivity contribution in [2.24, 2.45) is 0 Å². The average Bonchev–Trinajstić information content (AvgIpc) is 2.26. The van der Waals surface area contributed by atoms with Crippen molar-refractivity contribution in [3.8, 4) is 5.75 Å². The van der Waals surface area contributed by atoms with Crippen LogP contribution >= 0.6 is 0 Å². The van der Waals surface area contributed by atoms with E-state index in [2.05, 4.69) is 5.48 Å². The minimum Gasteiger partial charge on any atom is -0.372 e. The van der Waals surface area contributed by atoms with E-state index in [0.717, 1.165) is 0 Å². The summed E-state index contributed by atoms with van der Waals surface area (Å²) < 4.78 is 0. The van der Waals surface area contributed by atoms with Crippen LogP contribution in [0, 0.1) is 10.1 Å². The topological polar surface area (TPSA) is 81.5 Å². The lowest BCUT2D eigenvalue weighted by molar-refractivity contribution is -0.386. The van der Waals surface area contributed by atoms with Crippen LogP contribution in [0.25, 0.3) is 0 Å². The van der Waals surface area contributed by atoms with E-state index in [-0.39, 0.29) is 23.8 Å². The van der Waals surface area contributed by atoms with E-state index >= 15 is 0 Å². The standard InChI is InChI=1S/C9H10N2O4/c1-2-9(12)10-15-8-6-4-3-5-7(8)11(13)14/h3-6H,2H2,1H3,(H,10,12). The van der Waals surface area contributed by atoms with Gasteiger partial charge in [0.1, 0.15) is 0 Å². The molecular weight excluding hydrogens is 200 g/mol. The van der Waals surface area contributed by atoms with Crippen LogP contribution in [0.2, 0.25) is 0 Å². The summed E-state index contributed by atoms with van der Waals surface area (Å²) in [5.74, 6) is -0.322. The molecule has 0 bridgehead atoms. The predicted molar refractivity (Wildman–Crippen MR) is 52.2 cm³/mol. The number of carbonyl (C=O) groups excluding carboxylic acids is 1. The first-order chi connectivity index (χ1) is 7.15. The number of nitrogens with zero attached hydrogens (tertiary/aromatic N) is 1. The number of hydroxylamine groups is 1. The van der Waals surface area contributed by atoms with Crippen LogP contribution < -0.4 is 10.3 Å². The summed E-state index contributed by atoms with van der Waals surface area (Å²) in [6, 6.07) is 5.81. The van der Waals surface area contributed by atoms with Gasteiger partial charge in [-0.1, -0.05) is 19.1 Å². The van der Waals surface area contributed by atoms with Gasteiger partial charge in [-0.25, -0.2) is 0 Å². The normalized spacial score (nSPS) is 9.40. The van der Waals surface area contributed by atoms with Crippen LogP contribution in [-0.2, 0) is 4.79 Å². The Morgan fingerprint density at radius 3 is 2.80 bits per heavy atom. The van der Waals surface area contributed by atoms with Crippen LogP contribution in [0.1, 0.15) is 13.3 Å². The number of benzene rings is 1. The van der Waals surface area contributed by atoms with Gasteiger partial charge in [0, 0.05) is 12.5 Å². The lowest BCUT2D eigenvalue weighted by Crippen LogP contribution is -2.26. The molecule has 1 amide bonds. The molecule has 6 nitrogen and oxygen atoms in total. The number of hydrogen-bond donors (Lipinski definition) is 1. The third kappa shape index (κ3) is 2.94. The van der Waals surface area contributed by atoms with Crippen molar-refractivity contribution in [3.63, 3.8) is 0 Å². The molecule has 0 saturated heterocycles. The monoisotopic (exact) mass is 210 g/mol. The van der Waals surface area contributed by atoms with Crippen molar-refractivity contribution in [2.45, 2.75) is 13.3 Å². The maximum Gasteiger partial charge on any atom is 0.314 e. The number of nitrogens with one attached hydrogen (secondary N) is 1. The lowest BCUT2D eigenvalue weighted by Gasteiger charge is -2.05. The number of rotatable bonds is 4. The molecule has 1 aromatic carbocycles. The number of para-hydroxylation sites is 2. The minimum atomic E-state index is -0.576. The molecule has 0 aliphatic carbocycles. The summed E-state index contributed by atoms with van der Waals surface area (Å²) in [7, 11) is 0. The fraction of sp³-hybridized carbons (Fsp3) is 0.222. The van der Waals surface area contributed by atoms with Gasteiger partial charge < -0.3 is 4.84 Å². The summed E-state index contributed by atoms with van der Waals surface area (Å²) in [5, 5.41) is 10.5. The highest BCUT2D eigenvalue weighted by Gasteiger charge is 2.14. The fourth-order valence-corrected chi connectivity index (χ4v) is 0.878. The maximum atomic E-state index is 10.9. The maximum absolute atomic E-state index is 10.9. The molecule has 0 saturated carbocycles. The molecule has 0 fully saturated rings. The Labute approximate surface area is 86.0 Å². The largest absolute Gasteiger partial charge is 0.372 e. The van der Waals surface area contributed by atoms with E-state index < -0.39 is 4.92 Å². The van der Waals surface area contributed by atoms with Gasteiger partial charge >= 0.3 is 5.69 Å². The van der Waals surface area contributed by atoms with Crippen molar-refractivity contribution in [1.29, 1.82) is 0 Å². The zero-order valence-corrected chi connectivity index (χ0v) is 8.10. The van der Waals surface area contributed by atoms with E-state index in [0.29, 0.717) is 0 Å². The van der Waals surface area contributed by atoms with Gasteiger partial charge in [0.2, 0.25) is 5.75 Å². The minimum absolute atomic E-state index is 0.0179. The molecule has 1 rings (SSSR count). The number of nitro benzene ring substituents is 1. The van der Waals surface area contributed by atoms with Gasteiger partial charge in [-0.2, -0.15) is 5.48 Å². The lowest BCUT2D eigenvalue weighted by atomic mass is 10.3. The predicted octanol–water partition coefficient (Wildman–Crippen LogP) is 1.41. The molecular formula is C9H10N2O4. The van der Waals surface area contributed by atoms with Crippen LogP contribution in [0.5, 0.6) is 5.75 Å². The molecule has 0 spiro atoms. The highest BCUT2D eigenvalue weighted by molar-refractivity contribution is 5.74. The van der Waals surface area contributed by atoms with Gasteiger partial charge in [0.25, 0.3) is 5.91 Å². The summed E-state index contributed by atoms with van der Waals surface area (Å²) in [4.78, 5) is 25.6. The zero-order valence-electron chi connectivity index (χ0n) is 8.10. The first-order valence-electron chi connectivity index (χ1n) is 4.34. The Kier molecular flexibility index (Phi) is 3.61. The van der Waals surface area contributed by atoms with Gasteiger partial charge in [-0.05, 0) is 6.07 Å². The molecule has 0 aliphatic heterocycles. The molecule has 0 aliphatic rings. The van der Waals surface area contributed by atoms with Crippen LogP contribution in [0.3, 0.4) is 0 Å². The van der Waals surface area contributed by atoms with E-state index in [9.17, 15) is 14.9 Å². The Morgan fingerprint density at radius 2 is 2.20 bits per heavy atom. The molecule has 0 radical (unpaired) electrons. The Bertz CT molecular complexity index is 378. The number of carbonyl (C=O) groups is 1. The van der Waals surface area contributed by atoms with Crippen LogP contribution in [0.4, 0.5) is 5.69 Å². The van der Waals surface area contributed by atoms with Gasteiger partial charge in [0.15, 0.2) is 0 Å². The second-order valence-electron chi connectivity index (χ2n) is 2.71. The van der Waals surface area contributed by atoms with Gasteiger partial charge in [-0.3, -0.25) is 14.9 Å².